The molecule has 0 fully saturated rings. The molecule has 0 aliphatic rings. The Morgan fingerprint density at radius 1 is 1.62 bits per heavy atom. The largest absolute Gasteiger partial charge is 0.529 e. The van der Waals surface area contributed by atoms with E-state index in [0.717, 1.165) is 10.9 Å². The lowest BCUT2D eigenvalue weighted by molar-refractivity contribution is -0.253. The number of rotatable bonds is 2. The number of hydrogen-bond donors (Lipinski definition) is 2. The van der Waals surface area contributed by atoms with Gasteiger partial charge in [0, 0.05) is 0 Å². The number of nitrogens with one attached hydrogen (secondary N) is 2. The van der Waals surface area contributed by atoms with Crippen molar-refractivity contribution < 1.29 is 18.7 Å². The van der Waals surface area contributed by atoms with Crippen LogP contribution in [0.15, 0.2) is 0 Å². The van der Waals surface area contributed by atoms with Gasteiger partial charge in [0.05, 0.1) is 0 Å². The normalized spacial score (nSPS) is 9.38. The Labute approximate surface area is 43.5 Å². The van der Waals surface area contributed by atoms with Gasteiger partial charge in [0.25, 0.3) is 0 Å². The van der Waals surface area contributed by atoms with E-state index in [1.165, 1.54) is 0 Å². The summed E-state index contributed by atoms with van der Waals surface area (Å²) >= 11 is 0. The monoisotopic (exact) mass is 125 g/mol. The van der Waals surface area contributed by atoms with E-state index in [1.54, 1.807) is 0 Å². The Morgan fingerprint density at radius 2 is 2.12 bits per heavy atom. The molecule has 2 N–H and O–H groups in total. The average Bonchev–Trinajstić information content (AvgIpc) is 1.61. The van der Waals surface area contributed by atoms with Crippen molar-refractivity contribution in [2.24, 2.45) is 0 Å². The molecule has 48 valence electrons. The summed E-state index contributed by atoms with van der Waals surface area (Å²) in [5.74, 6) is 0. The van der Waals surface area contributed by atoms with Crippen molar-refractivity contribution in [3.05, 3.63) is 0 Å². The molecular weight excluding hydrogens is 122 g/mol. The van der Waals surface area contributed by atoms with Gasteiger partial charge in [0.2, 0.25) is 0 Å². The molecule has 0 radical (unpaired) electrons. The summed E-state index contributed by atoms with van der Waals surface area (Å²) in [4.78, 5) is 9.29. The second kappa shape index (κ2) is 3.14. The molecule has 0 atom stereocenters. The second-order valence-corrected chi connectivity index (χ2v) is 0.857. The maximum Gasteiger partial charge on any atom is 0.308 e. The van der Waals surface area contributed by atoms with Crippen molar-refractivity contribution in [3.8, 4) is 0 Å². The molecule has 0 rings (SSSR count). The van der Waals surface area contributed by atoms with E-state index in [9.17, 15) is 18.7 Å². The number of carbonyl (C=O) groups is 1. The Hall–Kier alpha value is -0.910. The van der Waals surface area contributed by atoms with Crippen molar-refractivity contribution in [1.82, 2.24) is 10.9 Å². The SMILES string of the molecule is O=C([O-])NNC(F)F. The minimum absolute atomic E-state index is 1.10. The molecular formula is C2H3F2N2O2-. The molecule has 0 bridgehead atoms. The van der Waals surface area contributed by atoms with Crippen molar-refractivity contribution in [1.29, 1.82) is 0 Å². The van der Waals surface area contributed by atoms with Gasteiger partial charge in [-0.1, -0.05) is 0 Å². The zero-order chi connectivity index (χ0) is 6.57. The quantitative estimate of drug-likeness (QED) is 0.354. The molecule has 0 aliphatic carbocycles. The fourth-order valence-corrected chi connectivity index (χ4v) is 0.113. The zero-order valence-corrected chi connectivity index (χ0v) is 3.65. The highest BCUT2D eigenvalue weighted by Crippen LogP contribution is 1.79. The smallest absolute Gasteiger partial charge is 0.308 e. The number of carboxylic acid groups (broad SMARTS) is 1. The molecule has 0 unspecified atom stereocenters. The molecule has 1 amide bonds. The highest BCUT2D eigenvalue weighted by molar-refractivity contribution is 5.60. The molecule has 6 heteroatoms. The van der Waals surface area contributed by atoms with E-state index in [4.69, 9.17) is 0 Å². The maximum absolute atomic E-state index is 10.9. The zero-order valence-electron chi connectivity index (χ0n) is 3.65. The summed E-state index contributed by atoms with van der Waals surface area (Å²) in [6.45, 7) is -2.90. The van der Waals surface area contributed by atoms with Gasteiger partial charge < -0.3 is 15.3 Å². The summed E-state index contributed by atoms with van der Waals surface area (Å²) < 4.78 is 21.9. The summed E-state index contributed by atoms with van der Waals surface area (Å²) in [6.07, 6.45) is -1.79. The van der Waals surface area contributed by atoms with E-state index >= 15 is 0 Å². The lowest BCUT2D eigenvalue weighted by atomic mass is 11.2. The fourth-order valence-electron chi connectivity index (χ4n) is 0.113. The molecule has 0 aliphatic heterocycles. The predicted octanol–water partition coefficient (Wildman–Crippen LogP) is -1.35. The first-order valence-electron chi connectivity index (χ1n) is 1.63. The van der Waals surface area contributed by atoms with Gasteiger partial charge in [0.15, 0.2) is 0 Å². The van der Waals surface area contributed by atoms with Crippen molar-refractivity contribution in [2.45, 2.75) is 6.55 Å². The first-order chi connectivity index (χ1) is 3.63. The average molecular weight is 125 g/mol. The highest BCUT2D eigenvalue weighted by Gasteiger charge is 1.95. The summed E-state index contributed by atoms with van der Waals surface area (Å²) in [5.41, 5.74) is 2.25. The minimum atomic E-state index is -2.90. The van der Waals surface area contributed by atoms with E-state index in [-0.39, 0.29) is 0 Å². The lowest BCUT2D eigenvalue weighted by Crippen LogP contribution is -2.47. The van der Waals surface area contributed by atoms with Gasteiger partial charge in [-0.25, -0.2) is 0 Å². The Morgan fingerprint density at radius 3 is 2.25 bits per heavy atom. The number of hydrogen-bond acceptors (Lipinski definition) is 3. The van der Waals surface area contributed by atoms with E-state index in [2.05, 4.69) is 0 Å². The Bertz CT molecular complexity index is 86.1. The Balaban J connectivity index is 3.05. The standard InChI is InChI=1S/C2H4F2N2O2/c3-1(4)5-6-2(7)8/h1,5-6H,(H,7,8)/p-1. The third-order valence-electron chi connectivity index (χ3n) is 0.283. The van der Waals surface area contributed by atoms with Crippen molar-refractivity contribution in [2.75, 3.05) is 0 Å². The number of carbonyl (C=O) groups excluding carboxylic acids is 1. The van der Waals surface area contributed by atoms with Crippen LogP contribution in [0, 0.1) is 0 Å². The van der Waals surface area contributed by atoms with Crippen LogP contribution in [0.4, 0.5) is 13.6 Å². The van der Waals surface area contributed by atoms with Crippen molar-refractivity contribution >= 4 is 6.09 Å². The van der Waals surface area contributed by atoms with E-state index in [0.29, 0.717) is 0 Å². The predicted molar refractivity (Wildman–Crippen MR) is 17.7 cm³/mol. The van der Waals surface area contributed by atoms with Crippen LogP contribution in [-0.2, 0) is 0 Å². The van der Waals surface area contributed by atoms with Crippen LogP contribution in [0.2, 0.25) is 0 Å². The molecule has 0 aromatic rings. The molecule has 4 nitrogen and oxygen atoms in total. The van der Waals surface area contributed by atoms with Crippen LogP contribution in [0.3, 0.4) is 0 Å². The van der Waals surface area contributed by atoms with Crippen LogP contribution >= 0.6 is 0 Å². The molecule has 0 saturated carbocycles. The lowest BCUT2D eigenvalue weighted by Gasteiger charge is -2.05. The summed E-state index contributed by atoms with van der Waals surface area (Å²) in [5, 5.41) is 9.29. The van der Waals surface area contributed by atoms with Crippen LogP contribution in [0.25, 0.3) is 0 Å². The van der Waals surface area contributed by atoms with Crippen molar-refractivity contribution in [3.63, 3.8) is 0 Å². The van der Waals surface area contributed by atoms with Crippen LogP contribution < -0.4 is 16.0 Å². The van der Waals surface area contributed by atoms with Crippen LogP contribution in [-0.4, -0.2) is 12.6 Å². The van der Waals surface area contributed by atoms with Crippen LogP contribution in [0.5, 0.6) is 0 Å². The van der Waals surface area contributed by atoms with Gasteiger partial charge in [-0.3, -0.25) is 0 Å². The van der Waals surface area contributed by atoms with Gasteiger partial charge in [-0.2, -0.15) is 14.2 Å². The molecule has 0 aromatic carbocycles. The molecule has 0 saturated heterocycles. The second-order valence-electron chi connectivity index (χ2n) is 0.857. The third kappa shape index (κ3) is 5.09. The molecule has 0 aromatic heterocycles. The topological polar surface area (TPSA) is 64.2 Å². The number of hydrazine groups is 1. The highest BCUT2D eigenvalue weighted by atomic mass is 19.3. The molecule has 8 heavy (non-hydrogen) atoms. The number of alkyl halides is 2. The summed E-state index contributed by atoms with van der Waals surface area (Å²) in [6, 6.07) is 0. The molecule has 0 heterocycles. The minimum Gasteiger partial charge on any atom is -0.529 e. The first kappa shape index (κ1) is 7.09. The van der Waals surface area contributed by atoms with Gasteiger partial charge in [-0.05, 0) is 0 Å². The first-order valence-corrected chi connectivity index (χ1v) is 1.63. The number of amides is 1. The maximum atomic E-state index is 10.9. The van der Waals surface area contributed by atoms with Crippen LogP contribution in [0.1, 0.15) is 0 Å². The Kier molecular flexibility index (Phi) is 2.78. The van der Waals surface area contributed by atoms with Gasteiger partial charge in [-0.15, -0.1) is 0 Å². The van der Waals surface area contributed by atoms with Gasteiger partial charge in [0.1, 0.15) is 6.09 Å². The van der Waals surface area contributed by atoms with E-state index < -0.39 is 12.6 Å². The summed E-state index contributed by atoms with van der Waals surface area (Å²) in [7, 11) is 0. The number of halogens is 2. The fraction of sp³-hybridized carbons (Fsp3) is 0.500. The molecule has 0 spiro atoms. The third-order valence-corrected chi connectivity index (χ3v) is 0.283. The van der Waals surface area contributed by atoms with E-state index in [1.807, 2.05) is 0 Å². The van der Waals surface area contributed by atoms with Gasteiger partial charge >= 0.3 is 6.55 Å².